The van der Waals surface area contributed by atoms with E-state index < -0.39 is 10.0 Å². The Balaban J connectivity index is 1.61. The molecule has 0 spiro atoms. The van der Waals surface area contributed by atoms with E-state index in [1.165, 1.54) is 11.3 Å². The molecule has 1 fully saturated rings. The Morgan fingerprint density at radius 1 is 1.05 bits per heavy atom. The first-order valence-electron chi connectivity index (χ1n) is 14.0. The molecule has 40 heavy (non-hydrogen) atoms. The molecule has 11 heteroatoms. The van der Waals surface area contributed by atoms with Gasteiger partial charge in [-0.3, -0.25) is 14.6 Å². The van der Waals surface area contributed by atoms with Gasteiger partial charge in [-0.15, -0.1) is 0 Å². The van der Waals surface area contributed by atoms with Gasteiger partial charge >= 0.3 is 0 Å². The molecule has 0 atom stereocenters. The number of sulfonamides is 1. The quantitative estimate of drug-likeness (QED) is 0.244. The standard InChI is InChI=1S/C29H39ClN4O4S2/c1-4-6-12-33(13-7-5-2)40(36,37)25-10-8-23(9-11-25)28(35)34(15-14-32-16-18-38-19-17-32)29-31-27-22(3)20-24(30)21-26(27)39-29/h8-11,20-21H,4-7,12-19H2,1-3H3. The van der Waals surface area contributed by atoms with Crippen LogP contribution in [0.3, 0.4) is 0 Å². The molecule has 2 heterocycles. The summed E-state index contributed by atoms with van der Waals surface area (Å²) in [5.74, 6) is -0.214. The lowest BCUT2D eigenvalue weighted by Crippen LogP contribution is -2.43. The third-order valence-electron chi connectivity index (χ3n) is 7.12. The highest BCUT2D eigenvalue weighted by Crippen LogP contribution is 2.34. The fraction of sp³-hybridized carbons (Fsp3) is 0.517. The Labute approximate surface area is 246 Å². The second-order valence-corrected chi connectivity index (χ2v) is 13.5. The van der Waals surface area contributed by atoms with Gasteiger partial charge in [-0.1, -0.05) is 49.6 Å². The molecule has 0 unspecified atom stereocenters. The molecular formula is C29H39ClN4O4S2. The van der Waals surface area contributed by atoms with Crippen LogP contribution in [-0.4, -0.2) is 81.0 Å². The Bertz CT molecular complexity index is 1380. The van der Waals surface area contributed by atoms with Crippen molar-refractivity contribution in [2.24, 2.45) is 0 Å². The fourth-order valence-electron chi connectivity index (χ4n) is 4.70. The maximum absolute atomic E-state index is 13.9. The first kappa shape index (κ1) is 30.9. The third-order valence-corrected chi connectivity index (χ3v) is 10.3. The molecule has 1 amide bonds. The third kappa shape index (κ3) is 7.40. The van der Waals surface area contributed by atoms with Crippen molar-refractivity contribution in [2.75, 3.05) is 57.4 Å². The van der Waals surface area contributed by atoms with Crippen LogP contribution in [0.4, 0.5) is 5.13 Å². The first-order valence-corrected chi connectivity index (χ1v) is 16.7. The molecule has 1 aliphatic heterocycles. The molecule has 2 aromatic carbocycles. The molecule has 4 rings (SSSR count). The lowest BCUT2D eigenvalue weighted by molar-refractivity contribution is 0.0391. The van der Waals surface area contributed by atoms with E-state index in [0.717, 1.165) is 54.6 Å². The monoisotopic (exact) mass is 606 g/mol. The predicted molar refractivity (Wildman–Crippen MR) is 163 cm³/mol. The zero-order chi connectivity index (χ0) is 28.7. The van der Waals surface area contributed by atoms with Gasteiger partial charge in [-0.25, -0.2) is 13.4 Å². The van der Waals surface area contributed by atoms with E-state index in [0.29, 0.717) is 55.1 Å². The number of rotatable bonds is 13. The maximum Gasteiger partial charge on any atom is 0.260 e. The molecule has 0 N–H and O–H groups in total. The van der Waals surface area contributed by atoms with E-state index >= 15 is 0 Å². The van der Waals surface area contributed by atoms with Crippen molar-refractivity contribution in [3.63, 3.8) is 0 Å². The molecule has 1 aromatic heterocycles. The summed E-state index contributed by atoms with van der Waals surface area (Å²) in [5, 5.41) is 1.23. The highest BCUT2D eigenvalue weighted by Gasteiger charge is 2.26. The molecule has 0 bridgehead atoms. The van der Waals surface area contributed by atoms with Gasteiger partial charge in [0.05, 0.1) is 28.3 Å². The highest BCUT2D eigenvalue weighted by molar-refractivity contribution is 7.89. The summed E-state index contributed by atoms with van der Waals surface area (Å²) in [6.07, 6.45) is 3.46. The Hall–Kier alpha value is -2.08. The average molecular weight is 607 g/mol. The minimum absolute atomic E-state index is 0.210. The summed E-state index contributed by atoms with van der Waals surface area (Å²) in [6.45, 7) is 11.2. The first-order chi connectivity index (χ1) is 19.2. The van der Waals surface area contributed by atoms with Crippen LogP contribution in [0, 0.1) is 6.92 Å². The average Bonchev–Trinajstić information content (AvgIpc) is 3.37. The van der Waals surface area contributed by atoms with Gasteiger partial charge in [0.15, 0.2) is 5.13 Å². The number of nitrogens with zero attached hydrogens (tertiary/aromatic N) is 4. The van der Waals surface area contributed by atoms with Gasteiger partial charge in [-0.05, 0) is 61.7 Å². The van der Waals surface area contributed by atoms with Gasteiger partial charge in [0.25, 0.3) is 5.91 Å². The van der Waals surface area contributed by atoms with E-state index in [-0.39, 0.29) is 10.8 Å². The molecule has 3 aromatic rings. The normalized spacial score (nSPS) is 14.7. The van der Waals surface area contributed by atoms with E-state index in [1.54, 1.807) is 33.5 Å². The molecule has 1 aliphatic rings. The predicted octanol–water partition coefficient (Wildman–Crippen LogP) is 5.83. The minimum Gasteiger partial charge on any atom is -0.379 e. The summed E-state index contributed by atoms with van der Waals surface area (Å²) in [5.41, 5.74) is 2.20. The van der Waals surface area contributed by atoms with Gasteiger partial charge < -0.3 is 4.74 Å². The van der Waals surface area contributed by atoms with Crippen molar-refractivity contribution >= 4 is 54.2 Å². The molecule has 8 nitrogen and oxygen atoms in total. The van der Waals surface area contributed by atoms with Gasteiger partial charge in [-0.2, -0.15) is 4.31 Å². The largest absolute Gasteiger partial charge is 0.379 e. The number of morpholine rings is 1. The van der Waals surface area contributed by atoms with Crippen molar-refractivity contribution in [2.45, 2.75) is 51.3 Å². The Morgan fingerprint density at radius 3 is 2.33 bits per heavy atom. The second-order valence-electron chi connectivity index (χ2n) is 10.1. The van der Waals surface area contributed by atoms with Crippen molar-refractivity contribution in [3.05, 3.63) is 52.5 Å². The van der Waals surface area contributed by atoms with Crippen LogP contribution in [0.25, 0.3) is 10.2 Å². The number of amides is 1. The number of benzene rings is 2. The summed E-state index contributed by atoms with van der Waals surface area (Å²) < 4.78 is 34.8. The number of aryl methyl sites for hydroxylation is 1. The van der Waals surface area contributed by atoms with Crippen LogP contribution < -0.4 is 4.90 Å². The molecule has 0 aliphatic carbocycles. The van der Waals surface area contributed by atoms with Gasteiger partial charge in [0.2, 0.25) is 10.0 Å². The smallest absolute Gasteiger partial charge is 0.260 e. The summed E-state index contributed by atoms with van der Waals surface area (Å²) >= 11 is 7.72. The number of hydrogen-bond donors (Lipinski definition) is 0. The van der Waals surface area contributed by atoms with Crippen molar-refractivity contribution in [1.29, 1.82) is 0 Å². The number of unbranched alkanes of at least 4 members (excludes halogenated alkanes) is 2. The fourth-order valence-corrected chi connectivity index (χ4v) is 7.67. The van der Waals surface area contributed by atoms with E-state index in [4.69, 9.17) is 21.3 Å². The van der Waals surface area contributed by atoms with Crippen LogP contribution in [0.1, 0.15) is 55.5 Å². The van der Waals surface area contributed by atoms with Crippen LogP contribution in [-0.2, 0) is 14.8 Å². The van der Waals surface area contributed by atoms with Crippen LogP contribution in [0.15, 0.2) is 41.3 Å². The number of halogens is 1. The van der Waals surface area contributed by atoms with E-state index in [2.05, 4.69) is 18.7 Å². The number of carbonyl (C=O) groups is 1. The number of thiazole rings is 1. The minimum atomic E-state index is -3.64. The zero-order valence-corrected chi connectivity index (χ0v) is 26.0. The van der Waals surface area contributed by atoms with Crippen LogP contribution in [0.2, 0.25) is 5.02 Å². The van der Waals surface area contributed by atoms with E-state index in [1.807, 2.05) is 19.1 Å². The Kier molecular flexibility index (Phi) is 11.0. The lowest BCUT2D eigenvalue weighted by atomic mass is 10.2. The number of ether oxygens (including phenoxy) is 1. The molecular weight excluding hydrogens is 568 g/mol. The molecule has 0 radical (unpaired) electrons. The topological polar surface area (TPSA) is 83.1 Å². The van der Waals surface area contributed by atoms with Crippen molar-refractivity contribution < 1.29 is 17.9 Å². The number of hydrogen-bond acceptors (Lipinski definition) is 7. The van der Waals surface area contributed by atoms with Crippen molar-refractivity contribution in [3.8, 4) is 0 Å². The zero-order valence-electron chi connectivity index (χ0n) is 23.6. The van der Waals surface area contributed by atoms with Gasteiger partial charge in [0.1, 0.15) is 0 Å². The van der Waals surface area contributed by atoms with E-state index in [9.17, 15) is 13.2 Å². The molecule has 1 saturated heterocycles. The number of fused-ring (bicyclic) bond motifs is 1. The lowest BCUT2D eigenvalue weighted by Gasteiger charge is -2.29. The molecule has 0 saturated carbocycles. The molecule has 218 valence electrons. The summed E-state index contributed by atoms with van der Waals surface area (Å²) in [4.78, 5) is 22.9. The number of aromatic nitrogens is 1. The second kappa shape index (κ2) is 14.2. The number of anilines is 1. The maximum atomic E-state index is 13.9. The number of carbonyl (C=O) groups excluding carboxylic acids is 1. The van der Waals surface area contributed by atoms with Crippen LogP contribution >= 0.6 is 22.9 Å². The Morgan fingerprint density at radius 2 is 1.70 bits per heavy atom. The summed E-state index contributed by atoms with van der Waals surface area (Å²) in [6, 6.07) is 10.1. The van der Waals surface area contributed by atoms with Crippen molar-refractivity contribution in [1.82, 2.24) is 14.2 Å². The SMILES string of the molecule is CCCCN(CCCC)S(=O)(=O)c1ccc(C(=O)N(CCN2CCOCC2)c2nc3c(C)cc(Cl)cc3s2)cc1. The summed E-state index contributed by atoms with van der Waals surface area (Å²) in [7, 11) is -3.64. The van der Waals surface area contributed by atoms with Gasteiger partial charge in [0, 0.05) is 49.9 Å². The van der Waals surface area contributed by atoms with Crippen LogP contribution in [0.5, 0.6) is 0 Å². The highest BCUT2D eigenvalue weighted by atomic mass is 35.5.